The Morgan fingerprint density at radius 3 is 2.80 bits per heavy atom. The number of nitrogens with zero attached hydrogens (tertiary/aromatic N) is 1. The van der Waals surface area contributed by atoms with Crippen molar-refractivity contribution in [3.05, 3.63) is 64.5 Å². The maximum atomic E-state index is 11.2. The molecule has 1 N–H and O–H groups in total. The Morgan fingerprint density at radius 1 is 1.20 bits per heavy atom. The Kier molecular flexibility index (Phi) is 4.24. The molecule has 3 nitrogen and oxygen atoms in total. The topological polar surface area (TPSA) is 32.7 Å². The van der Waals surface area contributed by atoms with Crippen molar-refractivity contribution in [1.82, 2.24) is 0 Å². The van der Waals surface area contributed by atoms with Crippen molar-refractivity contribution in [2.75, 3.05) is 18.6 Å². The molecule has 0 aliphatic carbocycles. The molecule has 0 radical (unpaired) electrons. The lowest BCUT2D eigenvalue weighted by Gasteiger charge is -2.32. The summed E-state index contributed by atoms with van der Waals surface area (Å²) in [7, 11) is 2.02. The van der Waals surface area contributed by atoms with E-state index >= 15 is 0 Å². The summed E-state index contributed by atoms with van der Waals surface area (Å²) in [6.07, 6.45) is 2.30. The van der Waals surface area contributed by atoms with E-state index in [2.05, 4.69) is 36.1 Å². The number of rotatable bonds is 4. The fourth-order valence-corrected chi connectivity index (χ4v) is 4.20. The molecule has 0 saturated heterocycles. The Morgan fingerprint density at radius 2 is 2.04 bits per heavy atom. The van der Waals surface area contributed by atoms with Gasteiger partial charge < -0.3 is 14.7 Å². The van der Waals surface area contributed by atoms with Crippen LogP contribution in [0.1, 0.15) is 29.9 Å². The molecule has 0 spiro atoms. The fourth-order valence-electron chi connectivity index (χ4n) is 3.44. The molecule has 3 aromatic rings. The standard InChI is InChI=1S/C21H21NO2S/c1-3-10-24-17-12-14-7-4-5-8-15(14)19-20(17)22(2)13-16(21(19)23)18-9-6-11-25-18/h4-9,11-13,21,23H,3,10H2,1-2H3. The third-order valence-electron chi connectivity index (χ3n) is 4.55. The van der Waals surface area contributed by atoms with Gasteiger partial charge in [0.05, 0.1) is 12.3 Å². The molecule has 1 aliphatic heterocycles. The molecule has 128 valence electrons. The third-order valence-corrected chi connectivity index (χ3v) is 5.47. The summed E-state index contributed by atoms with van der Waals surface area (Å²) in [5, 5.41) is 15.4. The molecule has 25 heavy (non-hydrogen) atoms. The minimum absolute atomic E-state index is 0.663. The number of benzene rings is 2. The smallest absolute Gasteiger partial charge is 0.143 e. The number of anilines is 1. The lowest BCUT2D eigenvalue weighted by molar-refractivity contribution is 0.237. The van der Waals surface area contributed by atoms with Crippen molar-refractivity contribution in [1.29, 1.82) is 0 Å². The maximum absolute atomic E-state index is 11.2. The van der Waals surface area contributed by atoms with Crippen LogP contribution in [0, 0.1) is 0 Å². The van der Waals surface area contributed by atoms with E-state index in [1.54, 1.807) is 11.3 Å². The molecule has 1 atom stereocenters. The van der Waals surface area contributed by atoms with Gasteiger partial charge in [-0.05, 0) is 34.7 Å². The van der Waals surface area contributed by atoms with Crippen molar-refractivity contribution < 1.29 is 9.84 Å². The SMILES string of the molecule is CCCOc1cc2ccccc2c2c1N(C)C=C(c1cccs1)C2O. The number of aliphatic hydroxyl groups is 1. The van der Waals surface area contributed by atoms with E-state index in [-0.39, 0.29) is 0 Å². The Balaban J connectivity index is 1.95. The molecule has 1 aliphatic rings. The first kappa shape index (κ1) is 16.2. The van der Waals surface area contributed by atoms with Crippen molar-refractivity contribution in [2.24, 2.45) is 0 Å². The molecule has 4 rings (SSSR count). The number of hydrogen-bond donors (Lipinski definition) is 1. The molecule has 0 amide bonds. The van der Waals surface area contributed by atoms with Gasteiger partial charge in [0.15, 0.2) is 0 Å². The highest BCUT2D eigenvalue weighted by atomic mass is 32.1. The lowest BCUT2D eigenvalue weighted by atomic mass is 9.90. The molecule has 0 bridgehead atoms. The normalized spacial score (nSPS) is 16.7. The quantitative estimate of drug-likeness (QED) is 0.700. The van der Waals surface area contributed by atoms with E-state index < -0.39 is 6.10 Å². The zero-order valence-corrected chi connectivity index (χ0v) is 15.2. The highest BCUT2D eigenvalue weighted by Gasteiger charge is 2.30. The summed E-state index contributed by atoms with van der Waals surface area (Å²) < 4.78 is 6.03. The first-order valence-corrected chi connectivity index (χ1v) is 9.43. The second kappa shape index (κ2) is 6.54. The van der Waals surface area contributed by atoms with Crippen LogP contribution in [0.5, 0.6) is 5.75 Å². The highest BCUT2D eigenvalue weighted by Crippen LogP contribution is 2.48. The molecule has 1 unspecified atom stereocenters. The summed E-state index contributed by atoms with van der Waals surface area (Å²) in [6.45, 7) is 2.76. The second-order valence-corrected chi connectivity index (χ2v) is 7.23. The van der Waals surface area contributed by atoms with E-state index in [1.165, 1.54) is 0 Å². The van der Waals surface area contributed by atoms with Crippen LogP contribution in [-0.2, 0) is 0 Å². The Bertz CT molecular complexity index is 930. The minimum Gasteiger partial charge on any atom is -0.491 e. The van der Waals surface area contributed by atoms with E-state index in [9.17, 15) is 5.11 Å². The predicted molar refractivity (Wildman–Crippen MR) is 105 cm³/mol. The minimum atomic E-state index is -0.667. The number of ether oxygens (including phenoxy) is 1. The van der Waals surface area contributed by atoms with Gasteiger partial charge in [-0.2, -0.15) is 0 Å². The highest BCUT2D eigenvalue weighted by molar-refractivity contribution is 7.11. The van der Waals surface area contributed by atoms with E-state index in [0.717, 1.165) is 44.6 Å². The molecule has 4 heteroatoms. The van der Waals surface area contributed by atoms with Gasteiger partial charge in [0.2, 0.25) is 0 Å². The Labute approximate surface area is 151 Å². The van der Waals surface area contributed by atoms with E-state index in [1.807, 2.05) is 36.8 Å². The summed E-state index contributed by atoms with van der Waals surface area (Å²) >= 11 is 1.65. The number of hydrogen-bond acceptors (Lipinski definition) is 4. The van der Waals surface area contributed by atoms with Crippen molar-refractivity contribution >= 4 is 33.4 Å². The third kappa shape index (κ3) is 2.71. The van der Waals surface area contributed by atoms with Crippen LogP contribution in [0.2, 0.25) is 0 Å². The van der Waals surface area contributed by atoms with Gasteiger partial charge in [0, 0.05) is 29.3 Å². The van der Waals surface area contributed by atoms with Crippen LogP contribution in [-0.4, -0.2) is 18.8 Å². The molecule has 2 aromatic carbocycles. The van der Waals surface area contributed by atoms with Crippen LogP contribution >= 0.6 is 11.3 Å². The summed E-state index contributed by atoms with van der Waals surface area (Å²) in [5.74, 6) is 0.832. The van der Waals surface area contributed by atoms with Gasteiger partial charge in [-0.1, -0.05) is 37.3 Å². The zero-order chi connectivity index (χ0) is 17.4. The van der Waals surface area contributed by atoms with Gasteiger partial charge in [-0.15, -0.1) is 11.3 Å². The average Bonchev–Trinajstić information content (AvgIpc) is 3.16. The van der Waals surface area contributed by atoms with Crippen LogP contribution in [0.3, 0.4) is 0 Å². The molecule has 0 fully saturated rings. The first-order valence-electron chi connectivity index (χ1n) is 8.55. The van der Waals surface area contributed by atoms with Gasteiger partial charge in [-0.3, -0.25) is 0 Å². The fraction of sp³-hybridized carbons (Fsp3) is 0.238. The summed E-state index contributed by atoms with van der Waals surface area (Å²) in [6, 6.07) is 14.3. The predicted octanol–water partition coefficient (Wildman–Crippen LogP) is 5.21. The monoisotopic (exact) mass is 351 g/mol. The second-order valence-electron chi connectivity index (χ2n) is 6.28. The van der Waals surface area contributed by atoms with Crippen molar-refractivity contribution in [3.8, 4) is 5.75 Å². The first-order chi connectivity index (χ1) is 12.2. The molecular weight excluding hydrogens is 330 g/mol. The van der Waals surface area contributed by atoms with Crippen LogP contribution < -0.4 is 9.64 Å². The molecular formula is C21H21NO2S. The molecule has 0 saturated carbocycles. The summed E-state index contributed by atoms with van der Waals surface area (Å²) in [4.78, 5) is 3.17. The average molecular weight is 351 g/mol. The van der Waals surface area contributed by atoms with Crippen LogP contribution in [0.25, 0.3) is 16.3 Å². The number of thiophene rings is 1. The Hall–Kier alpha value is -2.30. The molecule has 2 heterocycles. The maximum Gasteiger partial charge on any atom is 0.143 e. The summed E-state index contributed by atoms with van der Waals surface area (Å²) in [5.41, 5.74) is 2.82. The van der Waals surface area contributed by atoms with Gasteiger partial charge in [0.25, 0.3) is 0 Å². The molecule has 1 aromatic heterocycles. The van der Waals surface area contributed by atoms with Gasteiger partial charge in [-0.25, -0.2) is 0 Å². The van der Waals surface area contributed by atoms with E-state index in [0.29, 0.717) is 6.61 Å². The number of fused-ring (bicyclic) bond motifs is 3. The number of aliphatic hydroxyl groups excluding tert-OH is 1. The van der Waals surface area contributed by atoms with Gasteiger partial charge >= 0.3 is 0 Å². The van der Waals surface area contributed by atoms with Gasteiger partial charge in [0.1, 0.15) is 11.9 Å². The van der Waals surface area contributed by atoms with Crippen LogP contribution in [0.4, 0.5) is 5.69 Å². The van der Waals surface area contributed by atoms with Crippen LogP contribution in [0.15, 0.2) is 54.0 Å². The van der Waals surface area contributed by atoms with Crippen molar-refractivity contribution in [3.63, 3.8) is 0 Å². The van der Waals surface area contributed by atoms with E-state index in [4.69, 9.17) is 4.74 Å². The van der Waals surface area contributed by atoms with Crippen molar-refractivity contribution in [2.45, 2.75) is 19.4 Å². The lowest BCUT2D eigenvalue weighted by Crippen LogP contribution is -2.21. The zero-order valence-electron chi connectivity index (χ0n) is 14.4. The largest absolute Gasteiger partial charge is 0.491 e.